The van der Waals surface area contributed by atoms with Crippen LogP contribution in [0.2, 0.25) is 5.02 Å². The van der Waals surface area contributed by atoms with Crippen LogP contribution in [0.1, 0.15) is 36.7 Å². The summed E-state index contributed by atoms with van der Waals surface area (Å²) in [5, 5.41) is 4.83. The van der Waals surface area contributed by atoms with Gasteiger partial charge in [-0.2, -0.15) is 5.10 Å². The third-order valence-corrected chi connectivity index (χ3v) is 5.39. The van der Waals surface area contributed by atoms with Crippen LogP contribution >= 0.6 is 11.6 Å². The Morgan fingerprint density at radius 3 is 2.75 bits per heavy atom. The molecule has 1 atom stereocenters. The van der Waals surface area contributed by atoms with Gasteiger partial charge in [0, 0.05) is 37.9 Å². The van der Waals surface area contributed by atoms with Crippen LogP contribution in [0.15, 0.2) is 6.20 Å². The highest BCUT2D eigenvalue weighted by Gasteiger charge is 2.32. The molecule has 3 heterocycles. The second kappa shape index (κ2) is 7.85. The van der Waals surface area contributed by atoms with Crippen molar-refractivity contribution in [2.75, 3.05) is 39.9 Å². The molecule has 3 rings (SSSR count). The largest absolute Gasteiger partial charge is 0.381 e. The van der Waals surface area contributed by atoms with Gasteiger partial charge in [-0.05, 0) is 46.3 Å². The van der Waals surface area contributed by atoms with E-state index in [4.69, 9.17) is 16.3 Å². The molecule has 1 aromatic heterocycles. The Balaban J connectivity index is 1.79. The zero-order valence-electron chi connectivity index (χ0n) is 14.6. The second-order valence-corrected chi connectivity index (χ2v) is 7.31. The first-order chi connectivity index (χ1) is 11.6. The van der Waals surface area contributed by atoms with Gasteiger partial charge in [0.2, 0.25) is 0 Å². The lowest BCUT2D eigenvalue weighted by molar-refractivity contribution is 0.0530. The van der Waals surface area contributed by atoms with Gasteiger partial charge in [-0.1, -0.05) is 11.6 Å². The zero-order valence-corrected chi connectivity index (χ0v) is 15.3. The fourth-order valence-corrected chi connectivity index (χ4v) is 3.78. The molecule has 2 aliphatic rings. The number of carbonyl (C=O) groups excluding carboxylic acids is 1. The number of amides is 1. The molecule has 2 saturated heterocycles. The molecule has 0 spiro atoms. The van der Waals surface area contributed by atoms with E-state index in [1.165, 1.54) is 0 Å². The number of ether oxygens (including phenoxy) is 1. The van der Waals surface area contributed by atoms with Crippen LogP contribution in [0.5, 0.6) is 0 Å². The standard InChI is InChI=1S/C17H27ClN4O2/c1-3-21-11-15(18)16(19-21)17(23)22(10-13-6-9-24-12-13)14-4-7-20(2)8-5-14/h11,13-14H,3-10,12H2,1-2H3/t13-/m1/s1. The molecule has 1 aromatic rings. The Morgan fingerprint density at radius 1 is 1.42 bits per heavy atom. The normalized spacial score (nSPS) is 22.9. The van der Waals surface area contributed by atoms with E-state index in [0.717, 1.165) is 52.1 Å². The van der Waals surface area contributed by atoms with E-state index < -0.39 is 0 Å². The number of aryl methyl sites for hydroxylation is 1. The molecule has 0 saturated carbocycles. The molecule has 134 valence electrons. The van der Waals surface area contributed by atoms with Crippen molar-refractivity contribution in [2.24, 2.45) is 5.92 Å². The molecule has 0 unspecified atom stereocenters. The van der Waals surface area contributed by atoms with Crippen molar-refractivity contribution in [1.82, 2.24) is 19.6 Å². The summed E-state index contributed by atoms with van der Waals surface area (Å²) in [5.41, 5.74) is 0.386. The van der Waals surface area contributed by atoms with Gasteiger partial charge in [-0.3, -0.25) is 9.48 Å². The summed E-state index contributed by atoms with van der Waals surface area (Å²) >= 11 is 6.28. The van der Waals surface area contributed by atoms with E-state index >= 15 is 0 Å². The Kier molecular flexibility index (Phi) is 5.79. The van der Waals surface area contributed by atoms with E-state index in [-0.39, 0.29) is 11.9 Å². The molecule has 7 heteroatoms. The van der Waals surface area contributed by atoms with Crippen LogP contribution in [-0.2, 0) is 11.3 Å². The van der Waals surface area contributed by atoms with E-state index in [0.29, 0.717) is 23.2 Å². The molecule has 2 fully saturated rings. The monoisotopic (exact) mass is 354 g/mol. The topological polar surface area (TPSA) is 50.6 Å². The quantitative estimate of drug-likeness (QED) is 0.812. The molecule has 0 N–H and O–H groups in total. The number of likely N-dealkylation sites (tertiary alicyclic amines) is 1. The number of hydrogen-bond donors (Lipinski definition) is 0. The lowest BCUT2D eigenvalue weighted by Crippen LogP contribution is -2.48. The molecule has 2 aliphatic heterocycles. The van der Waals surface area contributed by atoms with Crippen molar-refractivity contribution in [1.29, 1.82) is 0 Å². The third kappa shape index (κ3) is 3.92. The highest BCUT2D eigenvalue weighted by Crippen LogP contribution is 2.24. The first-order valence-corrected chi connectivity index (χ1v) is 9.26. The smallest absolute Gasteiger partial charge is 0.276 e. The Bertz CT molecular complexity index is 563. The van der Waals surface area contributed by atoms with Crippen molar-refractivity contribution in [3.05, 3.63) is 16.9 Å². The molecule has 6 nitrogen and oxygen atoms in total. The van der Waals surface area contributed by atoms with Crippen LogP contribution in [0.4, 0.5) is 0 Å². The van der Waals surface area contributed by atoms with Crippen LogP contribution in [0.3, 0.4) is 0 Å². The van der Waals surface area contributed by atoms with E-state index in [9.17, 15) is 4.79 Å². The molecule has 1 amide bonds. The number of halogens is 1. The average Bonchev–Trinajstić information content (AvgIpc) is 3.22. The van der Waals surface area contributed by atoms with Gasteiger partial charge >= 0.3 is 0 Å². The number of aromatic nitrogens is 2. The van der Waals surface area contributed by atoms with E-state index in [1.807, 2.05) is 11.8 Å². The summed E-state index contributed by atoms with van der Waals surface area (Å²) in [7, 11) is 2.13. The molecular formula is C17H27ClN4O2. The first kappa shape index (κ1) is 17.7. The predicted molar refractivity (Wildman–Crippen MR) is 93.4 cm³/mol. The molecule has 0 radical (unpaired) electrons. The number of rotatable bonds is 5. The van der Waals surface area contributed by atoms with Crippen LogP contribution in [-0.4, -0.2) is 71.4 Å². The lowest BCUT2D eigenvalue weighted by atomic mass is 10.00. The van der Waals surface area contributed by atoms with Gasteiger partial charge in [-0.15, -0.1) is 0 Å². The van der Waals surface area contributed by atoms with E-state index in [2.05, 4.69) is 17.0 Å². The Labute approximate surface area is 148 Å². The summed E-state index contributed by atoms with van der Waals surface area (Å²) in [6.45, 7) is 7.01. The molecule has 24 heavy (non-hydrogen) atoms. The molecule has 0 bridgehead atoms. The van der Waals surface area contributed by atoms with E-state index in [1.54, 1.807) is 10.9 Å². The Morgan fingerprint density at radius 2 is 2.17 bits per heavy atom. The average molecular weight is 355 g/mol. The number of piperidine rings is 1. The minimum atomic E-state index is -0.0337. The van der Waals surface area contributed by atoms with Crippen molar-refractivity contribution < 1.29 is 9.53 Å². The minimum Gasteiger partial charge on any atom is -0.381 e. The minimum absolute atomic E-state index is 0.0337. The van der Waals surface area contributed by atoms with Gasteiger partial charge in [0.25, 0.3) is 5.91 Å². The van der Waals surface area contributed by atoms with Crippen molar-refractivity contribution in [3.8, 4) is 0 Å². The van der Waals surface area contributed by atoms with Gasteiger partial charge in [0.1, 0.15) is 0 Å². The molecule has 0 aromatic carbocycles. The van der Waals surface area contributed by atoms with Crippen LogP contribution < -0.4 is 0 Å². The zero-order chi connectivity index (χ0) is 17.1. The maximum Gasteiger partial charge on any atom is 0.276 e. The lowest BCUT2D eigenvalue weighted by Gasteiger charge is -2.38. The van der Waals surface area contributed by atoms with Crippen molar-refractivity contribution >= 4 is 17.5 Å². The van der Waals surface area contributed by atoms with Crippen molar-refractivity contribution in [2.45, 2.75) is 38.8 Å². The first-order valence-electron chi connectivity index (χ1n) is 8.88. The van der Waals surface area contributed by atoms with Crippen molar-refractivity contribution in [3.63, 3.8) is 0 Å². The number of nitrogens with zero attached hydrogens (tertiary/aromatic N) is 4. The fraction of sp³-hybridized carbons (Fsp3) is 0.765. The van der Waals surface area contributed by atoms with Gasteiger partial charge in [0.05, 0.1) is 11.6 Å². The highest BCUT2D eigenvalue weighted by atomic mass is 35.5. The van der Waals surface area contributed by atoms with Crippen LogP contribution in [0, 0.1) is 5.92 Å². The van der Waals surface area contributed by atoms with Gasteiger partial charge in [-0.25, -0.2) is 0 Å². The number of carbonyl (C=O) groups is 1. The predicted octanol–water partition coefficient (Wildman–Crippen LogP) is 2.13. The highest BCUT2D eigenvalue weighted by molar-refractivity contribution is 6.33. The molecular weight excluding hydrogens is 328 g/mol. The maximum absolute atomic E-state index is 13.2. The number of hydrogen-bond acceptors (Lipinski definition) is 4. The maximum atomic E-state index is 13.2. The summed E-state index contributed by atoms with van der Waals surface area (Å²) in [5.74, 6) is 0.384. The van der Waals surface area contributed by atoms with Crippen LogP contribution in [0.25, 0.3) is 0 Å². The molecule has 0 aliphatic carbocycles. The van der Waals surface area contributed by atoms with Gasteiger partial charge < -0.3 is 14.5 Å². The summed E-state index contributed by atoms with van der Waals surface area (Å²) in [4.78, 5) is 17.5. The summed E-state index contributed by atoms with van der Waals surface area (Å²) < 4.78 is 7.22. The SMILES string of the molecule is CCn1cc(Cl)c(C(=O)N(C[C@H]2CCOC2)C2CCN(C)CC2)n1. The Hall–Kier alpha value is -1.11. The van der Waals surface area contributed by atoms with Gasteiger partial charge in [0.15, 0.2) is 5.69 Å². The summed E-state index contributed by atoms with van der Waals surface area (Å²) in [6.07, 6.45) is 4.76. The third-order valence-electron chi connectivity index (χ3n) is 5.11. The second-order valence-electron chi connectivity index (χ2n) is 6.90. The summed E-state index contributed by atoms with van der Waals surface area (Å²) in [6, 6.07) is 0.261. The fourth-order valence-electron chi connectivity index (χ4n) is 3.55.